The molecule has 1 unspecified atom stereocenters. The predicted octanol–water partition coefficient (Wildman–Crippen LogP) is 3.28. The van der Waals surface area contributed by atoms with Crippen LogP contribution in [-0.4, -0.2) is 11.5 Å². The molecule has 4 nitrogen and oxygen atoms in total. The molecular formula is C13H17N3O. The highest BCUT2D eigenvalue weighted by atomic mass is 16.3. The second kappa shape index (κ2) is 5.39. The van der Waals surface area contributed by atoms with Crippen molar-refractivity contribution in [1.82, 2.24) is 4.98 Å². The lowest BCUT2D eigenvalue weighted by atomic mass is 10.2. The minimum absolute atomic E-state index is 0.106. The fourth-order valence-electron chi connectivity index (χ4n) is 1.63. The lowest BCUT2D eigenvalue weighted by Crippen LogP contribution is -2.08. The molecule has 0 radical (unpaired) electrons. The molecule has 2 aromatic rings. The molecule has 0 bridgehead atoms. The first-order valence-electron chi connectivity index (χ1n) is 5.80. The van der Waals surface area contributed by atoms with Crippen molar-refractivity contribution in [2.24, 2.45) is 0 Å². The summed E-state index contributed by atoms with van der Waals surface area (Å²) in [7, 11) is 0. The largest absolute Gasteiger partial charge is 0.467 e. The van der Waals surface area contributed by atoms with Crippen molar-refractivity contribution in [2.75, 3.05) is 17.2 Å². The molecule has 2 N–H and O–H groups in total. The molecule has 1 atom stereocenters. The van der Waals surface area contributed by atoms with Gasteiger partial charge in [-0.05, 0) is 38.1 Å². The third-order valence-electron chi connectivity index (χ3n) is 2.44. The molecule has 17 heavy (non-hydrogen) atoms. The smallest absolute Gasteiger partial charge is 0.128 e. The van der Waals surface area contributed by atoms with E-state index in [1.807, 2.05) is 44.2 Å². The zero-order chi connectivity index (χ0) is 12.1. The van der Waals surface area contributed by atoms with Gasteiger partial charge in [0.1, 0.15) is 17.4 Å². The number of nitrogens with one attached hydrogen (secondary N) is 2. The average Bonchev–Trinajstić information content (AvgIpc) is 2.83. The maximum absolute atomic E-state index is 5.34. The van der Waals surface area contributed by atoms with Gasteiger partial charge in [-0.1, -0.05) is 6.07 Å². The first-order chi connectivity index (χ1) is 8.29. The third kappa shape index (κ3) is 3.00. The van der Waals surface area contributed by atoms with Gasteiger partial charge in [-0.2, -0.15) is 0 Å². The molecular weight excluding hydrogens is 214 g/mol. The zero-order valence-corrected chi connectivity index (χ0v) is 10.1. The Bertz CT molecular complexity index is 453. The molecule has 0 aliphatic carbocycles. The van der Waals surface area contributed by atoms with E-state index < -0.39 is 0 Å². The SMILES string of the molecule is CCNc1cccc(NC(C)c2ccco2)n1. The summed E-state index contributed by atoms with van der Waals surface area (Å²) in [6, 6.07) is 9.81. The van der Waals surface area contributed by atoms with Gasteiger partial charge in [-0.25, -0.2) is 4.98 Å². The van der Waals surface area contributed by atoms with Crippen LogP contribution in [-0.2, 0) is 0 Å². The summed E-state index contributed by atoms with van der Waals surface area (Å²) < 4.78 is 5.34. The van der Waals surface area contributed by atoms with Crippen molar-refractivity contribution in [3.8, 4) is 0 Å². The molecule has 0 saturated heterocycles. The van der Waals surface area contributed by atoms with Gasteiger partial charge in [0.05, 0.1) is 12.3 Å². The Kier molecular flexibility index (Phi) is 3.65. The minimum atomic E-state index is 0.106. The lowest BCUT2D eigenvalue weighted by Gasteiger charge is -2.13. The van der Waals surface area contributed by atoms with E-state index >= 15 is 0 Å². The summed E-state index contributed by atoms with van der Waals surface area (Å²) in [5, 5.41) is 6.48. The topological polar surface area (TPSA) is 50.1 Å². The van der Waals surface area contributed by atoms with Crippen LogP contribution in [0.2, 0.25) is 0 Å². The van der Waals surface area contributed by atoms with Crippen molar-refractivity contribution in [2.45, 2.75) is 19.9 Å². The van der Waals surface area contributed by atoms with Crippen molar-refractivity contribution < 1.29 is 4.42 Å². The summed E-state index contributed by atoms with van der Waals surface area (Å²) in [5.41, 5.74) is 0. The fraction of sp³-hybridized carbons (Fsp3) is 0.308. The van der Waals surface area contributed by atoms with E-state index in [1.165, 1.54) is 0 Å². The Morgan fingerprint density at radius 3 is 2.76 bits per heavy atom. The van der Waals surface area contributed by atoms with Crippen LogP contribution < -0.4 is 10.6 Å². The predicted molar refractivity (Wildman–Crippen MR) is 69.1 cm³/mol. The highest BCUT2D eigenvalue weighted by Crippen LogP contribution is 2.18. The summed E-state index contributed by atoms with van der Waals surface area (Å²) in [4.78, 5) is 4.45. The van der Waals surface area contributed by atoms with Crippen LogP contribution in [0.25, 0.3) is 0 Å². The number of pyridine rings is 1. The number of rotatable bonds is 5. The maximum Gasteiger partial charge on any atom is 0.128 e. The molecule has 2 heterocycles. The molecule has 0 amide bonds. The zero-order valence-electron chi connectivity index (χ0n) is 10.1. The minimum Gasteiger partial charge on any atom is -0.467 e. The molecule has 0 aliphatic rings. The molecule has 4 heteroatoms. The van der Waals surface area contributed by atoms with Crippen LogP contribution in [0.4, 0.5) is 11.6 Å². The molecule has 0 saturated carbocycles. The quantitative estimate of drug-likeness (QED) is 0.829. The van der Waals surface area contributed by atoms with E-state index in [9.17, 15) is 0 Å². The fourth-order valence-corrected chi connectivity index (χ4v) is 1.63. The Morgan fingerprint density at radius 2 is 2.06 bits per heavy atom. The van der Waals surface area contributed by atoms with E-state index in [1.54, 1.807) is 6.26 Å². The Balaban J connectivity index is 2.05. The highest BCUT2D eigenvalue weighted by molar-refractivity contribution is 5.45. The van der Waals surface area contributed by atoms with Gasteiger partial charge in [0.15, 0.2) is 0 Å². The lowest BCUT2D eigenvalue weighted by molar-refractivity contribution is 0.490. The number of furan rings is 1. The molecule has 0 aromatic carbocycles. The Hall–Kier alpha value is -1.97. The number of hydrogen-bond donors (Lipinski definition) is 2. The first kappa shape index (κ1) is 11.5. The van der Waals surface area contributed by atoms with Gasteiger partial charge in [-0.3, -0.25) is 0 Å². The monoisotopic (exact) mass is 231 g/mol. The van der Waals surface area contributed by atoms with E-state index in [-0.39, 0.29) is 6.04 Å². The first-order valence-corrected chi connectivity index (χ1v) is 5.80. The maximum atomic E-state index is 5.34. The number of nitrogens with zero attached hydrogens (tertiary/aromatic N) is 1. The Labute approximate surface area is 101 Å². The van der Waals surface area contributed by atoms with E-state index in [2.05, 4.69) is 15.6 Å². The van der Waals surface area contributed by atoms with Crippen LogP contribution in [0.15, 0.2) is 41.0 Å². The van der Waals surface area contributed by atoms with Gasteiger partial charge in [-0.15, -0.1) is 0 Å². The highest BCUT2D eigenvalue weighted by Gasteiger charge is 2.08. The second-order valence-electron chi connectivity index (χ2n) is 3.82. The van der Waals surface area contributed by atoms with Crippen molar-refractivity contribution in [3.63, 3.8) is 0 Å². The van der Waals surface area contributed by atoms with Crippen LogP contribution in [0.5, 0.6) is 0 Å². The van der Waals surface area contributed by atoms with Gasteiger partial charge in [0.2, 0.25) is 0 Å². The van der Waals surface area contributed by atoms with Crippen LogP contribution >= 0.6 is 0 Å². The molecule has 2 aromatic heterocycles. The van der Waals surface area contributed by atoms with E-state index in [0.717, 1.165) is 23.9 Å². The number of hydrogen-bond acceptors (Lipinski definition) is 4. The van der Waals surface area contributed by atoms with Gasteiger partial charge in [0, 0.05) is 6.54 Å². The van der Waals surface area contributed by atoms with Crippen LogP contribution in [0.3, 0.4) is 0 Å². The van der Waals surface area contributed by atoms with Crippen molar-refractivity contribution in [3.05, 3.63) is 42.4 Å². The second-order valence-corrected chi connectivity index (χ2v) is 3.82. The van der Waals surface area contributed by atoms with E-state index in [0.29, 0.717) is 0 Å². The molecule has 0 aliphatic heterocycles. The Morgan fingerprint density at radius 1 is 1.24 bits per heavy atom. The normalized spacial score (nSPS) is 12.1. The standard InChI is InChI=1S/C13H17N3O/c1-3-14-12-7-4-8-13(16-12)15-10(2)11-6-5-9-17-11/h4-10H,3H2,1-2H3,(H2,14,15,16). The summed E-state index contributed by atoms with van der Waals surface area (Å²) >= 11 is 0. The summed E-state index contributed by atoms with van der Waals surface area (Å²) in [5.74, 6) is 2.62. The van der Waals surface area contributed by atoms with Crippen LogP contribution in [0, 0.1) is 0 Å². The van der Waals surface area contributed by atoms with Gasteiger partial charge >= 0.3 is 0 Å². The number of anilines is 2. The van der Waals surface area contributed by atoms with Gasteiger partial charge < -0.3 is 15.1 Å². The summed E-state index contributed by atoms with van der Waals surface area (Å²) in [6.07, 6.45) is 1.68. The van der Waals surface area contributed by atoms with E-state index in [4.69, 9.17) is 4.42 Å². The molecule has 0 fully saturated rings. The average molecular weight is 231 g/mol. The van der Waals surface area contributed by atoms with Crippen molar-refractivity contribution >= 4 is 11.6 Å². The number of aromatic nitrogens is 1. The molecule has 0 spiro atoms. The van der Waals surface area contributed by atoms with Gasteiger partial charge in [0.25, 0.3) is 0 Å². The molecule has 90 valence electrons. The van der Waals surface area contributed by atoms with Crippen molar-refractivity contribution in [1.29, 1.82) is 0 Å². The van der Waals surface area contributed by atoms with Crippen LogP contribution in [0.1, 0.15) is 25.6 Å². The third-order valence-corrected chi connectivity index (χ3v) is 2.44. The molecule has 2 rings (SSSR count). The summed E-state index contributed by atoms with van der Waals surface area (Å²) in [6.45, 7) is 4.96.